The maximum atomic E-state index is 11.9. The molecule has 4 heteroatoms. The smallest absolute Gasteiger partial charge is 0.329 e. The Morgan fingerprint density at radius 1 is 1.40 bits per heavy atom. The number of ether oxygens (including phenoxy) is 2. The van der Waals surface area contributed by atoms with E-state index in [1.807, 2.05) is 27.7 Å². The topological polar surface area (TPSA) is 47.6 Å². The first-order valence-corrected chi connectivity index (χ1v) is 5.46. The monoisotopic (exact) mass is 217 g/mol. The fourth-order valence-electron chi connectivity index (χ4n) is 1.59. The van der Waals surface area contributed by atoms with Gasteiger partial charge in [0.25, 0.3) is 0 Å². The van der Waals surface area contributed by atoms with E-state index in [9.17, 15) is 4.79 Å². The van der Waals surface area contributed by atoms with E-state index >= 15 is 0 Å². The Labute approximate surface area is 92.3 Å². The molecule has 0 aliphatic heterocycles. The number of carbonyl (C=O) groups is 1. The molecule has 0 aromatic heterocycles. The molecule has 0 amide bonds. The number of rotatable bonds is 7. The average Bonchev–Trinajstić information content (AvgIpc) is 2.17. The Bertz CT molecular complexity index is 186. The first-order chi connectivity index (χ1) is 7.05. The van der Waals surface area contributed by atoms with Gasteiger partial charge >= 0.3 is 5.97 Å². The Kier molecular flexibility index (Phi) is 6.52. The second-order valence-electron chi connectivity index (χ2n) is 3.81. The molecule has 0 bridgehead atoms. The Morgan fingerprint density at radius 3 is 2.33 bits per heavy atom. The standard InChI is InChI=1S/C11H23NO3/c1-6-12-11(8-14-5,9(3)4)10(13)15-7-2/h9,12H,6-8H2,1-5H3. The number of hydrogen-bond donors (Lipinski definition) is 1. The van der Waals surface area contributed by atoms with E-state index in [-0.39, 0.29) is 11.9 Å². The number of methoxy groups -OCH3 is 1. The van der Waals surface area contributed by atoms with Crippen molar-refractivity contribution in [1.29, 1.82) is 0 Å². The van der Waals surface area contributed by atoms with Gasteiger partial charge in [-0.15, -0.1) is 0 Å². The minimum absolute atomic E-state index is 0.122. The van der Waals surface area contributed by atoms with Gasteiger partial charge in [0.15, 0.2) is 0 Å². The van der Waals surface area contributed by atoms with Gasteiger partial charge in [-0.1, -0.05) is 20.8 Å². The molecule has 0 rings (SSSR count). The third-order valence-electron chi connectivity index (χ3n) is 2.49. The lowest BCUT2D eigenvalue weighted by Crippen LogP contribution is -2.59. The van der Waals surface area contributed by atoms with E-state index in [4.69, 9.17) is 9.47 Å². The van der Waals surface area contributed by atoms with Crippen molar-refractivity contribution in [3.63, 3.8) is 0 Å². The SMILES string of the molecule is CCNC(COC)(C(=O)OCC)C(C)C. The highest BCUT2D eigenvalue weighted by atomic mass is 16.5. The van der Waals surface area contributed by atoms with Crippen LogP contribution in [0.3, 0.4) is 0 Å². The molecular formula is C11H23NO3. The molecule has 1 atom stereocenters. The average molecular weight is 217 g/mol. The summed E-state index contributed by atoms with van der Waals surface area (Å²) in [5, 5.41) is 3.18. The summed E-state index contributed by atoms with van der Waals surface area (Å²) < 4.78 is 10.2. The summed E-state index contributed by atoms with van der Waals surface area (Å²) in [5.74, 6) is -0.111. The van der Waals surface area contributed by atoms with Crippen LogP contribution >= 0.6 is 0 Å². The van der Waals surface area contributed by atoms with Crippen LogP contribution in [0.25, 0.3) is 0 Å². The predicted molar refractivity (Wildman–Crippen MR) is 59.8 cm³/mol. The lowest BCUT2D eigenvalue weighted by atomic mass is 9.87. The maximum Gasteiger partial charge on any atom is 0.329 e. The van der Waals surface area contributed by atoms with Crippen molar-refractivity contribution in [1.82, 2.24) is 5.32 Å². The summed E-state index contributed by atoms with van der Waals surface area (Å²) >= 11 is 0. The summed E-state index contributed by atoms with van der Waals surface area (Å²) in [4.78, 5) is 11.9. The van der Waals surface area contributed by atoms with Gasteiger partial charge in [0.2, 0.25) is 0 Å². The lowest BCUT2D eigenvalue weighted by Gasteiger charge is -2.35. The van der Waals surface area contributed by atoms with E-state index < -0.39 is 5.54 Å². The van der Waals surface area contributed by atoms with Crippen molar-refractivity contribution in [2.45, 2.75) is 33.2 Å². The van der Waals surface area contributed by atoms with Crippen molar-refractivity contribution < 1.29 is 14.3 Å². The number of hydrogen-bond acceptors (Lipinski definition) is 4. The quantitative estimate of drug-likeness (QED) is 0.651. The van der Waals surface area contributed by atoms with Gasteiger partial charge in [-0.3, -0.25) is 5.32 Å². The fraction of sp³-hybridized carbons (Fsp3) is 0.909. The highest BCUT2D eigenvalue weighted by Crippen LogP contribution is 2.19. The van der Waals surface area contributed by atoms with Crippen molar-refractivity contribution in [2.75, 3.05) is 26.9 Å². The summed E-state index contributed by atoms with van der Waals surface area (Å²) in [7, 11) is 1.59. The fourth-order valence-corrected chi connectivity index (χ4v) is 1.59. The Hall–Kier alpha value is -0.610. The third kappa shape index (κ3) is 3.47. The van der Waals surface area contributed by atoms with E-state index in [1.165, 1.54) is 0 Å². The number of carbonyl (C=O) groups excluding carboxylic acids is 1. The molecule has 0 aromatic carbocycles. The van der Waals surface area contributed by atoms with Crippen molar-refractivity contribution >= 4 is 5.97 Å². The lowest BCUT2D eigenvalue weighted by molar-refractivity contribution is -0.156. The van der Waals surface area contributed by atoms with Crippen LogP contribution in [0.4, 0.5) is 0 Å². The highest BCUT2D eigenvalue weighted by Gasteiger charge is 2.42. The van der Waals surface area contributed by atoms with Crippen LogP contribution in [0.1, 0.15) is 27.7 Å². The van der Waals surface area contributed by atoms with Crippen LogP contribution in [0.2, 0.25) is 0 Å². The van der Waals surface area contributed by atoms with Crippen LogP contribution in [-0.2, 0) is 14.3 Å². The molecule has 0 aromatic rings. The zero-order valence-electron chi connectivity index (χ0n) is 10.4. The summed E-state index contributed by atoms with van der Waals surface area (Å²) in [6, 6.07) is 0. The van der Waals surface area contributed by atoms with E-state index in [0.29, 0.717) is 19.8 Å². The van der Waals surface area contributed by atoms with Gasteiger partial charge in [-0.2, -0.15) is 0 Å². The molecule has 90 valence electrons. The molecule has 15 heavy (non-hydrogen) atoms. The molecule has 0 aliphatic rings. The van der Waals surface area contributed by atoms with Gasteiger partial charge in [0.05, 0.1) is 13.2 Å². The van der Waals surface area contributed by atoms with Crippen LogP contribution in [-0.4, -0.2) is 38.4 Å². The van der Waals surface area contributed by atoms with Gasteiger partial charge in [0, 0.05) is 7.11 Å². The van der Waals surface area contributed by atoms with Crippen LogP contribution < -0.4 is 5.32 Å². The Balaban J connectivity index is 4.83. The molecule has 1 N–H and O–H groups in total. The highest BCUT2D eigenvalue weighted by molar-refractivity contribution is 5.81. The Morgan fingerprint density at radius 2 is 2.00 bits per heavy atom. The minimum atomic E-state index is -0.723. The molecular weight excluding hydrogens is 194 g/mol. The van der Waals surface area contributed by atoms with Crippen molar-refractivity contribution in [3.05, 3.63) is 0 Å². The van der Waals surface area contributed by atoms with Crippen molar-refractivity contribution in [2.24, 2.45) is 5.92 Å². The van der Waals surface area contributed by atoms with Crippen LogP contribution in [0.5, 0.6) is 0 Å². The minimum Gasteiger partial charge on any atom is -0.465 e. The first-order valence-electron chi connectivity index (χ1n) is 5.46. The molecule has 0 saturated carbocycles. The van der Waals surface area contributed by atoms with Gasteiger partial charge in [-0.05, 0) is 19.4 Å². The van der Waals surface area contributed by atoms with E-state index in [2.05, 4.69) is 5.32 Å². The second kappa shape index (κ2) is 6.80. The number of likely N-dealkylation sites (N-methyl/N-ethyl adjacent to an activating group) is 1. The van der Waals surface area contributed by atoms with Gasteiger partial charge < -0.3 is 9.47 Å². The normalized spacial score (nSPS) is 15.1. The molecule has 1 unspecified atom stereocenters. The summed E-state index contributed by atoms with van der Waals surface area (Å²) in [5.41, 5.74) is -0.723. The zero-order chi connectivity index (χ0) is 11.9. The molecule has 0 heterocycles. The largest absolute Gasteiger partial charge is 0.465 e. The number of nitrogens with one attached hydrogen (secondary N) is 1. The maximum absolute atomic E-state index is 11.9. The molecule has 0 aliphatic carbocycles. The van der Waals surface area contributed by atoms with Gasteiger partial charge in [0.1, 0.15) is 5.54 Å². The molecule has 0 spiro atoms. The molecule has 0 saturated heterocycles. The van der Waals surface area contributed by atoms with E-state index in [1.54, 1.807) is 7.11 Å². The molecule has 0 fully saturated rings. The van der Waals surface area contributed by atoms with Gasteiger partial charge in [-0.25, -0.2) is 4.79 Å². The van der Waals surface area contributed by atoms with Crippen LogP contribution in [0, 0.1) is 5.92 Å². The zero-order valence-corrected chi connectivity index (χ0v) is 10.4. The second-order valence-corrected chi connectivity index (χ2v) is 3.81. The summed E-state index contributed by atoms with van der Waals surface area (Å²) in [6.07, 6.45) is 0. The predicted octanol–water partition coefficient (Wildman–Crippen LogP) is 1.20. The molecule has 0 radical (unpaired) electrons. The van der Waals surface area contributed by atoms with Crippen molar-refractivity contribution in [3.8, 4) is 0 Å². The van der Waals surface area contributed by atoms with Crippen LogP contribution in [0.15, 0.2) is 0 Å². The molecule has 4 nitrogen and oxygen atoms in total. The number of esters is 1. The first kappa shape index (κ1) is 14.4. The van der Waals surface area contributed by atoms with E-state index in [0.717, 1.165) is 0 Å². The summed E-state index contributed by atoms with van der Waals surface area (Å²) in [6.45, 7) is 9.17. The third-order valence-corrected chi connectivity index (χ3v) is 2.49.